The highest BCUT2D eigenvalue weighted by Gasteiger charge is 2.60. The average molecular weight is 449 g/mol. The Morgan fingerprint density at radius 3 is 2.72 bits per heavy atom. The van der Waals surface area contributed by atoms with Gasteiger partial charge in [-0.15, -0.1) is 0 Å². The summed E-state index contributed by atoms with van der Waals surface area (Å²) >= 11 is 1.81. The zero-order valence-corrected chi connectivity index (χ0v) is 19.2. The van der Waals surface area contributed by atoms with Gasteiger partial charge in [0.2, 0.25) is 11.8 Å². The first-order chi connectivity index (χ1) is 15.4. The van der Waals surface area contributed by atoms with Gasteiger partial charge in [-0.2, -0.15) is 11.8 Å². The van der Waals surface area contributed by atoms with E-state index in [2.05, 4.69) is 69.4 Å². The zero-order valence-electron chi connectivity index (χ0n) is 18.4. The van der Waals surface area contributed by atoms with Gasteiger partial charge in [0, 0.05) is 31.8 Å². The van der Waals surface area contributed by atoms with Crippen LogP contribution in [0.15, 0.2) is 60.7 Å². The molecule has 166 valence electrons. The van der Waals surface area contributed by atoms with Gasteiger partial charge in [0.25, 0.3) is 0 Å². The molecule has 6 nitrogen and oxygen atoms in total. The highest BCUT2D eigenvalue weighted by molar-refractivity contribution is 7.97. The molecule has 2 aromatic carbocycles. The van der Waals surface area contributed by atoms with Gasteiger partial charge >= 0.3 is 0 Å². The largest absolute Gasteiger partial charge is 0.355 e. The molecule has 2 saturated heterocycles. The van der Waals surface area contributed by atoms with Crippen molar-refractivity contribution in [2.75, 3.05) is 30.9 Å². The predicted octanol–water partition coefficient (Wildman–Crippen LogP) is 3.02. The first-order valence-electron chi connectivity index (χ1n) is 10.9. The van der Waals surface area contributed by atoms with Crippen LogP contribution in [-0.2, 0) is 15.3 Å². The van der Waals surface area contributed by atoms with E-state index in [1.807, 2.05) is 36.9 Å². The third kappa shape index (κ3) is 3.69. The maximum absolute atomic E-state index is 12.9. The van der Waals surface area contributed by atoms with Crippen molar-refractivity contribution in [2.45, 2.75) is 24.6 Å². The number of anilines is 1. The fourth-order valence-electron chi connectivity index (χ4n) is 4.68. The lowest BCUT2D eigenvalue weighted by Crippen LogP contribution is -2.44. The number of fused-ring (bicyclic) bond motifs is 1. The van der Waals surface area contributed by atoms with E-state index >= 15 is 0 Å². The van der Waals surface area contributed by atoms with Gasteiger partial charge in [0.05, 0.1) is 22.3 Å². The van der Waals surface area contributed by atoms with E-state index in [1.165, 1.54) is 11.1 Å². The molecular formula is C25H28N4O2S. The summed E-state index contributed by atoms with van der Waals surface area (Å²) in [6.45, 7) is 3.62. The van der Waals surface area contributed by atoms with Crippen LogP contribution in [0.25, 0.3) is 5.70 Å². The topological polar surface area (TPSA) is 64.5 Å². The minimum absolute atomic E-state index is 0.0581. The molecule has 0 spiro atoms. The number of hydrogen-bond acceptors (Lipinski definition) is 5. The molecule has 0 aliphatic carbocycles. The molecule has 3 atom stereocenters. The minimum atomic E-state index is -0.677. The number of amides is 2. The quantitative estimate of drug-likeness (QED) is 0.638. The van der Waals surface area contributed by atoms with Crippen LogP contribution in [0, 0.1) is 5.41 Å². The molecule has 0 saturated carbocycles. The highest BCUT2D eigenvalue weighted by atomic mass is 32.2. The summed E-state index contributed by atoms with van der Waals surface area (Å²) in [5, 5.41) is 10.5. The van der Waals surface area contributed by atoms with Gasteiger partial charge in [-0.05, 0) is 48.6 Å². The van der Waals surface area contributed by atoms with Crippen molar-refractivity contribution in [1.82, 2.24) is 15.6 Å². The Morgan fingerprint density at radius 2 is 2.00 bits per heavy atom. The summed E-state index contributed by atoms with van der Waals surface area (Å²) in [4.78, 5) is 24.5. The highest BCUT2D eigenvalue weighted by Crippen LogP contribution is 2.49. The number of thioether (sulfide) groups is 1. The fourth-order valence-corrected chi connectivity index (χ4v) is 5.19. The number of nitrogens with one attached hydrogen (secondary N) is 2. The van der Waals surface area contributed by atoms with Crippen molar-refractivity contribution in [2.24, 2.45) is 5.41 Å². The van der Waals surface area contributed by atoms with Crippen LogP contribution >= 0.6 is 11.8 Å². The van der Waals surface area contributed by atoms with Crippen LogP contribution in [0.4, 0.5) is 5.69 Å². The third-order valence-electron chi connectivity index (χ3n) is 6.57. The van der Waals surface area contributed by atoms with Crippen molar-refractivity contribution in [3.05, 3.63) is 71.8 Å². The van der Waals surface area contributed by atoms with E-state index in [-0.39, 0.29) is 23.8 Å². The Bertz CT molecular complexity index is 1090. The second kappa shape index (κ2) is 7.98. The van der Waals surface area contributed by atoms with Crippen molar-refractivity contribution in [3.63, 3.8) is 0 Å². The summed E-state index contributed by atoms with van der Waals surface area (Å²) in [5.74, 6) is 0.854. The Morgan fingerprint density at radius 1 is 1.19 bits per heavy atom. The zero-order chi connectivity index (χ0) is 22.3. The lowest BCUT2D eigenvalue weighted by atomic mass is 9.88. The molecule has 5 rings (SSSR count). The molecule has 2 aromatic rings. The molecule has 2 N–H and O–H groups in total. The predicted molar refractivity (Wildman–Crippen MR) is 129 cm³/mol. The lowest BCUT2D eigenvalue weighted by Gasteiger charge is -2.26. The van der Waals surface area contributed by atoms with Crippen LogP contribution in [0.3, 0.4) is 0 Å². The Kier molecular flexibility index (Phi) is 5.26. The maximum atomic E-state index is 12.9. The van der Waals surface area contributed by atoms with Gasteiger partial charge in [-0.1, -0.05) is 36.4 Å². The van der Waals surface area contributed by atoms with Gasteiger partial charge in [0.1, 0.15) is 0 Å². The summed E-state index contributed by atoms with van der Waals surface area (Å²) in [6.07, 6.45) is 4.65. The van der Waals surface area contributed by atoms with Crippen LogP contribution < -0.4 is 15.6 Å². The molecular weight excluding hydrogens is 420 g/mol. The van der Waals surface area contributed by atoms with Crippen molar-refractivity contribution >= 4 is 35.0 Å². The maximum Gasteiger partial charge on any atom is 0.228 e. The first-order valence-corrected chi connectivity index (χ1v) is 12.3. The molecule has 3 unspecified atom stereocenters. The number of nitrogens with zero attached hydrogens (tertiary/aromatic N) is 2. The van der Waals surface area contributed by atoms with Crippen LogP contribution in [0.1, 0.15) is 24.5 Å². The Hall–Kier alpha value is -2.77. The molecule has 3 heterocycles. The van der Waals surface area contributed by atoms with Crippen molar-refractivity contribution in [1.29, 1.82) is 0 Å². The molecule has 0 radical (unpaired) electrons. The second-order valence-electron chi connectivity index (χ2n) is 9.17. The molecule has 3 aliphatic rings. The number of benzene rings is 2. The summed E-state index contributed by atoms with van der Waals surface area (Å²) in [6, 6.07) is 19.0. The van der Waals surface area contributed by atoms with Crippen LogP contribution in [0.5, 0.6) is 0 Å². The summed E-state index contributed by atoms with van der Waals surface area (Å²) in [7, 11) is 0. The van der Waals surface area contributed by atoms with E-state index in [9.17, 15) is 9.59 Å². The monoisotopic (exact) mass is 448 g/mol. The van der Waals surface area contributed by atoms with Crippen molar-refractivity contribution in [3.8, 4) is 0 Å². The fraction of sp³-hybridized carbons (Fsp3) is 0.360. The van der Waals surface area contributed by atoms with Crippen LogP contribution in [0.2, 0.25) is 0 Å². The summed E-state index contributed by atoms with van der Waals surface area (Å²) in [5.41, 5.74) is 3.82. The minimum Gasteiger partial charge on any atom is -0.355 e. The average Bonchev–Trinajstić information content (AvgIpc) is 3.23. The first kappa shape index (κ1) is 21.1. The standard InChI is InChI=1S/C25H28N4O2S/c1-24(13-22(30)26-15-24)23(31)27-16-25-12-21(19-8-6-7-18(11-19)14-32-2)29(28(25)17-25)20-9-4-3-5-10-20/h3-12H,13-17H2,1-2H3,(H,26,30)(H,27,31). The van der Waals surface area contributed by atoms with Gasteiger partial charge in [-0.25, -0.2) is 5.01 Å². The second-order valence-corrected chi connectivity index (χ2v) is 10.0. The molecule has 0 aromatic heterocycles. The normalized spacial score (nSPS) is 28.2. The third-order valence-corrected chi connectivity index (χ3v) is 7.20. The number of rotatable bonds is 7. The van der Waals surface area contributed by atoms with E-state index in [4.69, 9.17) is 0 Å². The SMILES string of the molecule is CSCc1cccc(C2=CC3(CNC(=O)C4(C)CNC(=O)C4)CN3N2c2ccccc2)c1. The van der Waals surface area contributed by atoms with E-state index < -0.39 is 5.41 Å². The Balaban J connectivity index is 1.41. The van der Waals surface area contributed by atoms with E-state index in [0.717, 1.165) is 23.7 Å². The Labute approximate surface area is 193 Å². The lowest BCUT2D eigenvalue weighted by molar-refractivity contribution is -0.131. The molecule has 2 fully saturated rings. The number of carbonyl (C=O) groups is 2. The van der Waals surface area contributed by atoms with Crippen LogP contribution in [-0.4, -0.2) is 48.3 Å². The molecule has 2 amide bonds. The van der Waals surface area contributed by atoms with Gasteiger partial charge in [0.15, 0.2) is 0 Å². The smallest absolute Gasteiger partial charge is 0.228 e. The molecule has 7 heteroatoms. The molecule has 0 bridgehead atoms. The van der Waals surface area contributed by atoms with E-state index in [1.54, 1.807) is 0 Å². The summed E-state index contributed by atoms with van der Waals surface area (Å²) < 4.78 is 0. The number of hydrogen-bond donors (Lipinski definition) is 2. The molecule has 32 heavy (non-hydrogen) atoms. The van der Waals surface area contributed by atoms with Gasteiger partial charge < -0.3 is 10.6 Å². The van der Waals surface area contributed by atoms with E-state index in [0.29, 0.717) is 13.1 Å². The number of carbonyl (C=O) groups excluding carboxylic acids is 2. The molecule has 3 aliphatic heterocycles. The van der Waals surface area contributed by atoms with Crippen molar-refractivity contribution < 1.29 is 9.59 Å². The number of hydrazine groups is 1. The van der Waals surface area contributed by atoms with Gasteiger partial charge in [-0.3, -0.25) is 14.6 Å². The number of para-hydroxylation sites is 1.